The van der Waals surface area contributed by atoms with Crippen LogP contribution in [-0.2, 0) is 5.67 Å². The van der Waals surface area contributed by atoms with Gasteiger partial charge in [-0.15, -0.1) is 0 Å². The first-order chi connectivity index (χ1) is 8.75. The fraction of sp³-hybridized carbons (Fsp3) is 0.333. The van der Waals surface area contributed by atoms with Crippen LogP contribution in [0.4, 0.5) is 4.39 Å². The lowest BCUT2D eigenvalue weighted by Gasteiger charge is -2.17. The normalized spacial score (nSPS) is 13.1. The molecule has 0 aromatic heterocycles. The zero-order valence-corrected chi connectivity index (χ0v) is 12.5. The summed E-state index contributed by atoms with van der Waals surface area (Å²) in [5.41, 5.74) is 3.69. The van der Waals surface area contributed by atoms with E-state index in [2.05, 4.69) is 6.58 Å². The predicted octanol–water partition coefficient (Wildman–Crippen LogP) is 5.74. The zero-order valence-electron chi connectivity index (χ0n) is 12.5. The number of halogens is 1. The Kier molecular flexibility index (Phi) is 4.88. The van der Waals surface area contributed by atoms with Gasteiger partial charge < -0.3 is 0 Å². The standard InChI is InChI=1S/C18H23F/c1-7-15(10-8-13(2)3)17-12-16(18(5,6)19)11-9-14(17)4/h7-12H,2H2,1,3-6H3/b10-8-,15-7?. The quantitative estimate of drug-likeness (QED) is 0.604. The highest BCUT2D eigenvalue weighted by Gasteiger charge is 2.19. The Bertz CT molecular complexity index is 525. The van der Waals surface area contributed by atoms with E-state index >= 15 is 0 Å². The van der Waals surface area contributed by atoms with E-state index in [-0.39, 0.29) is 0 Å². The van der Waals surface area contributed by atoms with E-state index in [0.29, 0.717) is 5.56 Å². The van der Waals surface area contributed by atoms with Crippen molar-refractivity contribution in [3.8, 4) is 0 Å². The lowest BCUT2D eigenvalue weighted by atomic mass is 9.92. The second-order valence-corrected chi connectivity index (χ2v) is 5.43. The summed E-state index contributed by atoms with van der Waals surface area (Å²) in [6.45, 7) is 13.0. The van der Waals surface area contributed by atoms with Crippen LogP contribution in [-0.4, -0.2) is 0 Å². The monoisotopic (exact) mass is 258 g/mol. The van der Waals surface area contributed by atoms with Gasteiger partial charge >= 0.3 is 0 Å². The summed E-state index contributed by atoms with van der Waals surface area (Å²) in [6.07, 6.45) is 6.04. The van der Waals surface area contributed by atoms with Gasteiger partial charge in [-0.1, -0.05) is 42.5 Å². The molecule has 0 atom stereocenters. The topological polar surface area (TPSA) is 0 Å². The van der Waals surface area contributed by atoms with Crippen LogP contribution >= 0.6 is 0 Å². The van der Waals surface area contributed by atoms with E-state index in [1.165, 1.54) is 0 Å². The molecule has 1 rings (SSSR count). The minimum Gasteiger partial charge on any atom is -0.239 e. The van der Waals surface area contributed by atoms with Crippen molar-refractivity contribution in [2.24, 2.45) is 0 Å². The summed E-state index contributed by atoms with van der Waals surface area (Å²) in [4.78, 5) is 0. The van der Waals surface area contributed by atoms with Crippen molar-refractivity contribution >= 4 is 5.57 Å². The largest absolute Gasteiger partial charge is 0.239 e. The molecule has 1 aromatic rings. The molecule has 0 saturated heterocycles. The van der Waals surface area contributed by atoms with Crippen LogP contribution in [0.25, 0.3) is 5.57 Å². The highest BCUT2D eigenvalue weighted by Crippen LogP contribution is 2.29. The molecular formula is C18H23F. The molecule has 0 aliphatic heterocycles. The summed E-state index contributed by atoms with van der Waals surface area (Å²) >= 11 is 0. The second kappa shape index (κ2) is 6.01. The lowest BCUT2D eigenvalue weighted by molar-refractivity contribution is 0.221. The third-order valence-electron chi connectivity index (χ3n) is 3.09. The molecule has 0 bridgehead atoms. The fourth-order valence-corrected chi connectivity index (χ4v) is 1.88. The first kappa shape index (κ1) is 15.4. The van der Waals surface area contributed by atoms with Gasteiger partial charge in [0.25, 0.3) is 0 Å². The average Bonchev–Trinajstić information content (AvgIpc) is 2.30. The Hall–Kier alpha value is -1.63. The minimum atomic E-state index is -1.32. The molecule has 1 aromatic carbocycles. The van der Waals surface area contributed by atoms with Crippen LogP contribution < -0.4 is 0 Å². The van der Waals surface area contributed by atoms with Crippen LogP contribution in [0, 0.1) is 6.92 Å². The third-order valence-corrected chi connectivity index (χ3v) is 3.09. The number of hydrogen-bond donors (Lipinski definition) is 0. The van der Waals surface area contributed by atoms with Crippen LogP contribution in [0.15, 0.2) is 48.6 Å². The van der Waals surface area contributed by atoms with Crippen LogP contribution in [0.3, 0.4) is 0 Å². The van der Waals surface area contributed by atoms with Gasteiger partial charge in [-0.2, -0.15) is 0 Å². The van der Waals surface area contributed by atoms with Crippen molar-refractivity contribution in [2.45, 2.75) is 40.3 Å². The Labute approximate surface area is 116 Å². The Morgan fingerprint density at radius 2 is 1.89 bits per heavy atom. The van der Waals surface area contributed by atoms with E-state index in [4.69, 9.17) is 0 Å². The molecule has 0 radical (unpaired) electrons. The van der Waals surface area contributed by atoms with Crippen LogP contribution in [0.1, 0.15) is 44.4 Å². The summed E-state index contributed by atoms with van der Waals surface area (Å²) in [6, 6.07) is 5.77. The molecule has 102 valence electrons. The number of hydrogen-bond acceptors (Lipinski definition) is 0. The molecule has 19 heavy (non-hydrogen) atoms. The maximum atomic E-state index is 14.1. The molecular weight excluding hydrogens is 235 g/mol. The van der Waals surface area contributed by atoms with Crippen molar-refractivity contribution in [2.75, 3.05) is 0 Å². The van der Waals surface area contributed by atoms with Crippen molar-refractivity contribution < 1.29 is 4.39 Å². The molecule has 0 aliphatic carbocycles. The Morgan fingerprint density at radius 1 is 1.26 bits per heavy atom. The maximum Gasteiger partial charge on any atom is 0.130 e. The highest BCUT2D eigenvalue weighted by molar-refractivity contribution is 5.76. The van der Waals surface area contributed by atoms with E-state index < -0.39 is 5.67 Å². The molecule has 0 unspecified atom stereocenters. The number of aryl methyl sites for hydroxylation is 1. The van der Waals surface area contributed by atoms with Crippen molar-refractivity contribution in [3.05, 3.63) is 65.3 Å². The average molecular weight is 258 g/mol. The molecule has 0 heterocycles. The predicted molar refractivity (Wildman–Crippen MR) is 82.9 cm³/mol. The first-order valence-corrected chi connectivity index (χ1v) is 6.56. The third kappa shape index (κ3) is 4.20. The summed E-state index contributed by atoms with van der Waals surface area (Å²) in [5, 5.41) is 0. The van der Waals surface area contributed by atoms with Crippen molar-refractivity contribution in [3.63, 3.8) is 0 Å². The van der Waals surface area contributed by atoms with Gasteiger partial charge in [-0.25, -0.2) is 4.39 Å². The summed E-state index contributed by atoms with van der Waals surface area (Å²) in [7, 11) is 0. The van der Waals surface area contributed by atoms with Gasteiger partial charge in [0.1, 0.15) is 5.67 Å². The molecule has 0 aliphatic rings. The molecule has 0 amide bonds. The maximum absolute atomic E-state index is 14.1. The summed E-state index contributed by atoms with van der Waals surface area (Å²) < 4.78 is 14.1. The van der Waals surface area contributed by atoms with E-state index in [9.17, 15) is 4.39 Å². The Balaban J connectivity index is 3.28. The number of allylic oxidation sites excluding steroid dienone is 5. The van der Waals surface area contributed by atoms with Gasteiger partial charge in [0.2, 0.25) is 0 Å². The fourth-order valence-electron chi connectivity index (χ4n) is 1.88. The van der Waals surface area contributed by atoms with Gasteiger partial charge in [-0.05, 0) is 62.9 Å². The second-order valence-electron chi connectivity index (χ2n) is 5.43. The zero-order chi connectivity index (χ0) is 14.6. The molecule has 0 saturated carbocycles. The van der Waals surface area contributed by atoms with E-state index in [1.54, 1.807) is 13.8 Å². The lowest BCUT2D eigenvalue weighted by Crippen LogP contribution is -2.09. The van der Waals surface area contributed by atoms with Crippen LogP contribution in [0.5, 0.6) is 0 Å². The van der Waals surface area contributed by atoms with Gasteiger partial charge in [-0.3, -0.25) is 0 Å². The smallest absolute Gasteiger partial charge is 0.130 e. The molecule has 1 heteroatoms. The molecule has 0 fully saturated rings. The number of rotatable bonds is 4. The Morgan fingerprint density at radius 3 is 2.37 bits per heavy atom. The van der Waals surface area contributed by atoms with Gasteiger partial charge in [0, 0.05) is 0 Å². The first-order valence-electron chi connectivity index (χ1n) is 6.56. The SMILES string of the molecule is C=C(C)/C=C\C(=CC)c1cc(C(C)(C)F)ccc1C. The van der Waals surface area contributed by atoms with Gasteiger partial charge in [0.15, 0.2) is 0 Å². The number of alkyl halides is 1. The molecule has 0 nitrogen and oxygen atoms in total. The molecule has 0 N–H and O–H groups in total. The van der Waals surface area contributed by atoms with Crippen molar-refractivity contribution in [1.29, 1.82) is 0 Å². The van der Waals surface area contributed by atoms with Crippen LogP contribution in [0.2, 0.25) is 0 Å². The summed E-state index contributed by atoms with van der Waals surface area (Å²) in [5.74, 6) is 0. The van der Waals surface area contributed by atoms with Crippen molar-refractivity contribution in [1.82, 2.24) is 0 Å². The van der Waals surface area contributed by atoms with E-state index in [1.807, 2.05) is 57.2 Å². The highest BCUT2D eigenvalue weighted by atomic mass is 19.1. The van der Waals surface area contributed by atoms with E-state index in [0.717, 1.165) is 22.3 Å². The number of benzene rings is 1. The van der Waals surface area contributed by atoms with Gasteiger partial charge in [0.05, 0.1) is 0 Å². The molecule has 0 spiro atoms. The minimum absolute atomic E-state index is 0.705.